The predicted octanol–water partition coefficient (Wildman–Crippen LogP) is 3.94. The second kappa shape index (κ2) is 10.7. The van der Waals surface area contributed by atoms with Gasteiger partial charge in [0.1, 0.15) is 5.75 Å². The molecular formula is C29H41N3O4S. The summed E-state index contributed by atoms with van der Waals surface area (Å²) >= 11 is 0. The molecule has 8 heteroatoms. The van der Waals surface area contributed by atoms with E-state index >= 15 is 0 Å². The summed E-state index contributed by atoms with van der Waals surface area (Å²) in [5.41, 5.74) is 9.66. The van der Waals surface area contributed by atoms with Crippen molar-refractivity contribution in [3.63, 3.8) is 0 Å². The molecular weight excluding hydrogens is 486 g/mol. The Hall–Kier alpha value is -1.97. The van der Waals surface area contributed by atoms with Crippen LogP contribution in [-0.4, -0.2) is 60.5 Å². The molecule has 0 radical (unpaired) electrons. The van der Waals surface area contributed by atoms with E-state index in [9.17, 15) is 13.5 Å². The largest absolute Gasteiger partial charge is 0.507 e. The van der Waals surface area contributed by atoms with Gasteiger partial charge in [-0.25, -0.2) is 0 Å². The number of piperidine rings is 2. The Kier molecular flexibility index (Phi) is 7.67. The monoisotopic (exact) mass is 527 g/mol. The Morgan fingerprint density at radius 3 is 2.24 bits per heavy atom. The molecule has 0 amide bonds. The van der Waals surface area contributed by atoms with Crippen LogP contribution in [0, 0.1) is 18.8 Å². The molecule has 0 spiro atoms. The van der Waals surface area contributed by atoms with Crippen LogP contribution in [0.25, 0.3) is 0 Å². The average Bonchev–Trinajstić information content (AvgIpc) is 2.91. The van der Waals surface area contributed by atoms with Crippen molar-refractivity contribution in [2.24, 2.45) is 17.6 Å². The van der Waals surface area contributed by atoms with Crippen LogP contribution in [0.4, 0.5) is 0 Å². The molecule has 2 aromatic carbocycles. The molecule has 7 nitrogen and oxygen atoms in total. The third-order valence-electron chi connectivity index (χ3n) is 8.93. The number of aryl methyl sites for hydroxylation is 1. The highest BCUT2D eigenvalue weighted by atomic mass is 32.2. The van der Waals surface area contributed by atoms with Crippen molar-refractivity contribution in [3.05, 3.63) is 64.7 Å². The minimum absolute atomic E-state index is 0.192. The first-order chi connectivity index (χ1) is 17.7. The molecule has 3 N–H and O–H groups in total. The van der Waals surface area contributed by atoms with Gasteiger partial charge in [0.05, 0.1) is 11.7 Å². The molecule has 0 saturated carbocycles. The van der Waals surface area contributed by atoms with E-state index in [0.29, 0.717) is 50.8 Å². The number of aromatic hydroxyl groups is 1. The zero-order chi connectivity index (χ0) is 26.2. The Bertz CT molecular complexity index is 1190. The summed E-state index contributed by atoms with van der Waals surface area (Å²) in [6.07, 6.45) is 4.63. The second-order valence-electron chi connectivity index (χ2n) is 11.3. The lowest BCUT2D eigenvalue weighted by atomic mass is 9.74. The summed E-state index contributed by atoms with van der Waals surface area (Å²) in [4.78, 5) is 0. The van der Waals surface area contributed by atoms with Gasteiger partial charge in [0.2, 0.25) is 0 Å². The highest BCUT2D eigenvalue weighted by Crippen LogP contribution is 2.46. The quantitative estimate of drug-likeness (QED) is 0.593. The number of nitrogens with two attached hydrogens (primary N) is 1. The number of ether oxygens (including phenoxy) is 1. The van der Waals surface area contributed by atoms with Crippen molar-refractivity contribution in [2.75, 3.05) is 32.7 Å². The molecule has 0 aliphatic carbocycles. The van der Waals surface area contributed by atoms with Gasteiger partial charge in [-0.05, 0) is 74.5 Å². The first kappa shape index (κ1) is 26.6. The van der Waals surface area contributed by atoms with Crippen molar-refractivity contribution in [3.8, 4) is 5.75 Å². The number of phenolic OH excluding ortho intramolecular Hbond substituents is 1. The summed E-state index contributed by atoms with van der Waals surface area (Å²) in [6.45, 7) is 6.53. The van der Waals surface area contributed by atoms with Crippen LogP contribution < -0.4 is 5.73 Å². The van der Waals surface area contributed by atoms with Crippen molar-refractivity contribution in [2.45, 2.75) is 64.1 Å². The molecule has 2 aromatic rings. The van der Waals surface area contributed by atoms with Crippen LogP contribution in [0.5, 0.6) is 5.75 Å². The molecule has 0 bridgehead atoms. The number of phenols is 1. The summed E-state index contributed by atoms with van der Waals surface area (Å²) in [7, 11) is -3.47. The molecule has 202 valence electrons. The van der Waals surface area contributed by atoms with E-state index in [1.54, 1.807) is 8.61 Å². The van der Waals surface area contributed by atoms with E-state index in [1.807, 2.05) is 25.1 Å². The lowest BCUT2D eigenvalue weighted by Gasteiger charge is -2.47. The van der Waals surface area contributed by atoms with Crippen LogP contribution in [0.15, 0.2) is 42.5 Å². The van der Waals surface area contributed by atoms with Crippen molar-refractivity contribution < 1.29 is 18.3 Å². The topological polar surface area (TPSA) is 96.1 Å². The maximum absolute atomic E-state index is 13.5. The first-order valence-corrected chi connectivity index (χ1v) is 15.1. The van der Waals surface area contributed by atoms with Gasteiger partial charge in [-0.2, -0.15) is 17.0 Å². The van der Waals surface area contributed by atoms with E-state index in [4.69, 9.17) is 10.5 Å². The Morgan fingerprint density at radius 2 is 1.62 bits per heavy atom. The number of hydrogen-bond donors (Lipinski definition) is 2. The fraction of sp³-hybridized carbons (Fsp3) is 0.586. The maximum Gasteiger partial charge on any atom is 0.281 e. The van der Waals surface area contributed by atoms with Gasteiger partial charge in [-0.15, -0.1) is 0 Å². The van der Waals surface area contributed by atoms with E-state index < -0.39 is 15.8 Å². The van der Waals surface area contributed by atoms with Crippen molar-refractivity contribution in [1.82, 2.24) is 8.61 Å². The molecule has 3 heterocycles. The lowest BCUT2D eigenvalue weighted by molar-refractivity contribution is -0.134. The summed E-state index contributed by atoms with van der Waals surface area (Å²) in [6, 6.07) is 14.4. The van der Waals surface area contributed by atoms with Crippen LogP contribution in [0.1, 0.15) is 61.0 Å². The fourth-order valence-corrected chi connectivity index (χ4v) is 8.28. The zero-order valence-electron chi connectivity index (χ0n) is 22.1. The number of benzene rings is 2. The van der Waals surface area contributed by atoms with Gasteiger partial charge < -0.3 is 15.6 Å². The summed E-state index contributed by atoms with van der Waals surface area (Å²) in [5, 5.41) is 10.8. The molecule has 37 heavy (non-hydrogen) atoms. The Morgan fingerprint density at radius 1 is 1.00 bits per heavy atom. The van der Waals surface area contributed by atoms with Gasteiger partial charge in [-0.1, -0.05) is 42.5 Å². The van der Waals surface area contributed by atoms with E-state index in [-0.39, 0.29) is 12.0 Å². The highest BCUT2D eigenvalue weighted by Gasteiger charge is 2.45. The van der Waals surface area contributed by atoms with Gasteiger partial charge in [-0.3, -0.25) is 0 Å². The number of nitrogens with zero attached hydrogens (tertiary/aromatic N) is 2. The van der Waals surface area contributed by atoms with Crippen LogP contribution in [0.3, 0.4) is 0 Å². The third-order valence-corrected chi connectivity index (χ3v) is 11.0. The molecule has 2 fully saturated rings. The van der Waals surface area contributed by atoms with Gasteiger partial charge >= 0.3 is 0 Å². The Balaban J connectivity index is 1.20. The molecule has 2 saturated heterocycles. The smallest absolute Gasteiger partial charge is 0.281 e. The average molecular weight is 528 g/mol. The normalized spacial score (nSPS) is 26.7. The third kappa shape index (κ3) is 5.32. The van der Waals surface area contributed by atoms with Gasteiger partial charge in [0.25, 0.3) is 10.2 Å². The van der Waals surface area contributed by atoms with Crippen LogP contribution >= 0.6 is 0 Å². The van der Waals surface area contributed by atoms with Crippen molar-refractivity contribution in [1.29, 1.82) is 0 Å². The van der Waals surface area contributed by atoms with E-state index in [1.165, 1.54) is 5.56 Å². The molecule has 0 aromatic heterocycles. The van der Waals surface area contributed by atoms with E-state index in [2.05, 4.69) is 31.2 Å². The SMILES string of the molecule is Cc1ccc2c(c1O)C[C@@](C)(C1CCN(S(=O)(=O)N3CCC(Cc4ccccc4)CC3)CC1)OC2CN. The Labute approximate surface area is 221 Å². The molecule has 1 unspecified atom stereocenters. The molecule has 5 rings (SSSR count). The summed E-state index contributed by atoms with van der Waals surface area (Å²) in [5.74, 6) is 1.06. The van der Waals surface area contributed by atoms with Crippen LogP contribution in [-0.2, 0) is 27.8 Å². The minimum atomic E-state index is -3.47. The maximum atomic E-state index is 13.5. The first-order valence-electron chi connectivity index (χ1n) is 13.7. The van der Waals surface area contributed by atoms with E-state index in [0.717, 1.165) is 48.8 Å². The van der Waals surface area contributed by atoms with Crippen LogP contribution in [0.2, 0.25) is 0 Å². The summed E-state index contributed by atoms with van der Waals surface area (Å²) < 4.78 is 36.9. The predicted molar refractivity (Wildman–Crippen MR) is 145 cm³/mol. The molecule has 3 aliphatic rings. The van der Waals surface area contributed by atoms with Gasteiger partial charge in [0.15, 0.2) is 0 Å². The highest BCUT2D eigenvalue weighted by molar-refractivity contribution is 7.86. The standard InChI is InChI=1S/C29H41N3O4S/c1-21-8-9-25-26(28(21)33)19-29(2,36-27(25)20-30)24-12-16-32(17-13-24)37(34,35)31-14-10-23(11-15-31)18-22-6-4-3-5-7-22/h3-9,23-24,27,33H,10-20,30H2,1-2H3/t27?,29-/m0/s1. The second-order valence-corrected chi connectivity index (χ2v) is 13.3. The number of hydrogen-bond acceptors (Lipinski definition) is 5. The number of rotatable bonds is 6. The fourth-order valence-electron chi connectivity index (χ4n) is 6.61. The molecule has 3 aliphatic heterocycles. The number of fused-ring (bicyclic) bond motifs is 1. The molecule has 2 atom stereocenters. The van der Waals surface area contributed by atoms with Gasteiger partial charge in [0, 0.05) is 44.7 Å². The van der Waals surface area contributed by atoms with Crippen molar-refractivity contribution >= 4 is 10.2 Å². The zero-order valence-corrected chi connectivity index (χ0v) is 22.9. The lowest BCUT2D eigenvalue weighted by Crippen LogP contribution is -2.53. The minimum Gasteiger partial charge on any atom is -0.507 e.